The zero-order valence-corrected chi connectivity index (χ0v) is 15.1. The van der Waals surface area contributed by atoms with Crippen molar-refractivity contribution >= 4 is 39.9 Å². The van der Waals surface area contributed by atoms with E-state index in [1.807, 2.05) is 32.2 Å². The molecule has 0 saturated heterocycles. The van der Waals surface area contributed by atoms with E-state index >= 15 is 0 Å². The first-order valence-electron chi connectivity index (χ1n) is 7.27. The van der Waals surface area contributed by atoms with Crippen molar-refractivity contribution in [3.8, 4) is 0 Å². The molecule has 0 fully saturated rings. The molecule has 2 rings (SSSR count). The number of aryl methyl sites for hydroxylation is 1. The highest BCUT2D eigenvalue weighted by molar-refractivity contribution is 7.13. The number of benzene rings is 1. The Kier molecular flexibility index (Phi) is 6.78. The summed E-state index contributed by atoms with van der Waals surface area (Å²) in [5.74, 6) is 0.402. The minimum atomic E-state index is -0.0252. The fraction of sp³-hybridized carbons (Fsp3) is 0.500. The quantitative estimate of drug-likeness (QED) is 0.905. The first kappa shape index (κ1) is 18.9. The summed E-state index contributed by atoms with van der Waals surface area (Å²) in [5, 5.41) is 0.949. The normalized spacial score (nSPS) is 12.3. The molecule has 0 aliphatic carbocycles. The van der Waals surface area contributed by atoms with Gasteiger partial charge in [-0.3, -0.25) is 4.79 Å². The lowest BCUT2D eigenvalue weighted by molar-refractivity contribution is 0.0786. The average Bonchev–Trinajstić information content (AvgIpc) is 2.86. The van der Waals surface area contributed by atoms with E-state index in [1.54, 1.807) is 4.90 Å². The molecule has 1 aromatic carbocycles. The molecule has 0 spiro atoms. The lowest BCUT2D eigenvalue weighted by Crippen LogP contribution is -2.34. The zero-order chi connectivity index (χ0) is 15.6. The van der Waals surface area contributed by atoms with E-state index in [-0.39, 0.29) is 24.4 Å². The number of hydrogen-bond donors (Lipinski definition) is 1. The summed E-state index contributed by atoms with van der Waals surface area (Å²) in [4.78, 5) is 14.3. The van der Waals surface area contributed by atoms with Crippen molar-refractivity contribution in [3.05, 3.63) is 29.5 Å². The van der Waals surface area contributed by atoms with E-state index in [1.165, 1.54) is 11.5 Å². The predicted octanol–water partition coefficient (Wildman–Crippen LogP) is 3.47. The van der Waals surface area contributed by atoms with E-state index in [0.29, 0.717) is 18.2 Å². The van der Waals surface area contributed by atoms with Crippen LogP contribution in [0.1, 0.15) is 36.3 Å². The van der Waals surface area contributed by atoms with Gasteiger partial charge in [0.2, 0.25) is 0 Å². The van der Waals surface area contributed by atoms with Gasteiger partial charge in [-0.05, 0) is 42.9 Å². The largest absolute Gasteiger partial charge is 0.340 e. The van der Waals surface area contributed by atoms with Crippen molar-refractivity contribution in [2.45, 2.75) is 33.2 Å². The number of rotatable bonds is 5. The Balaban J connectivity index is 0.00000242. The highest BCUT2D eigenvalue weighted by Crippen LogP contribution is 2.24. The second kappa shape index (κ2) is 7.90. The molecule has 1 unspecified atom stereocenters. The molecule has 1 aromatic heterocycles. The molecular formula is C16H24ClN3OS. The number of nitrogens with zero attached hydrogens (tertiary/aromatic N) is 2. The van der Waals surface area contributed by atoms with Gasteiger partial charge in [-0.25, -0.2) is 0 Å². The van der Waals surface area contributed by atoms with Crippen LogP contribution in [0.5, 0.6) is 0 Å². The molecule has 1 amide bonds. The Morgan fingerprint density at radius 3 is 2.73 bits per heavy atom. The number of carbonyl (C=O) groups excluding carboxylic acids is 1. The molecule has 0 radical (unpaired) electrons. The van der Waals surface area contributed by atoms with Crippen LogP contribution in [0, 0.1) is 12.8 Å². The Morgan fingerprint density at radius 2 is 2.09 bits per heavy atom. The van der Waals surface area contributed by atoms with Crippen molar-refractivity contribution in [2.24, 2.45) is 11.7 Å². The number of fused-ring (bicyclic) bond motifs is 1. The van der Waals surface area contributed by atoms with Gasteiger partial charge in [-0.2, -0.15) is 4.37 Å². The highest BCUT2D eigenvalue weighted by Gasteiger charge is 2.19. The third-order valence-electron chi connectivity index (χ3n) is 3.83. The van der Waals surface area contributed by atoms with Crippen LogP contribution in [-0.4, -0.2) is 34.8 Å². The van der Waals surface area contributed by atoms with Gasteiger partial charge >= 0.3 is 0 Å². The third kappa shape index (κ3) is 4.18. The van der Waals surface area contributed by atoms with Crippen molar-refractivity contribution in [1.29, 1.82) is 0 Å². The number of hydrogen-bond acceptors (Lipinski definition) is 4. The number of nitrogens with two attached hydrogens (primary N) is 1. The highest BCUT2D eigenvalue weighted by atomic mass is 35.5. The summed E-state index contributed by atoms with van der Waals surface area (Å²) < 4.78 is 5.39. The molecule has 2 N–H and O–H groups in total. The fourth-order valence-electron chi connectivity index (χ4n) is 2.17. The maximum absolute atomic E-state index is 12.5. The molecular weight excluding hydrogens is 318 g/mol. The predicted molar refractivity (Wildman–Crippen MR) is 96.0 cm³/mol. The van der Waals surface area contributed by atoms with Gasteiger partial charge in [0.25, 0.3) is 5.91 Å². The van der Waals surface area contributed by atoms with Crippen LogP contribution in [0.25, 0.3) is 10.1 Å². The smallest absolute Gasteiger partial charge is 0.273 e. The molecule has 0 bridgehead atoms. The van der Waals surface area contributed by atoms with Gasteiger partial charge in [-0.15, -0.1) is 12.4 Å². The molecule has 1 atom stereocenters. The summed E-state index contributed by atoms with van der Waals surface area (Å²) in [6.07, 6.45) is 0.807. The van der Waals surface area contributed by atoms with E-state index in [0.717, 1.165) is 22.1 Å². The van der Waals surface area contributed by atoms with E-state index in [9.17, 15) is 4.79 Å². The Bertz CT molecular complexity index is 641. The van der Waals surface area contributed by atoms with Crippen LogP contribution in [0.3, 0.4) is 0 Å². The van der Waals surface area contributed by atoms with Crippen molar-refractivity contribution < 1.29 is 4.79 Å². The summed E-state index contributed by atoms with van der Waals surface area (Å²) in [7, 11) is 1.82. The molecule has 0 saturated carbocycles. The lowest BCUT2D eigenvalue weighted by Gasteiger charge is -2.21. The standard InChI is InChI=1S/C16H23N3OS.ClH/c1-10(2)13(17)7-8-19(4)16(20)15-12-9-11(3)5-6-14(12)21-18-15;/h5-6,9-10,13H,7-8,17H2,1-4H3;1H. The first-order valence-corrected chi connectivity index (χ1v) is 8.04. The van der Waals surface area contributed by atoms with Gasteiger partial charge in [0.1, 0.15) is 5.69 Å². The van der Waals surface area contributed by atoms with Crippen molar-refractivity contribution in [3.63, 3.8) is 0 Å². The average molecular weight is 342 g/mol. The lowest BCUT2D eigenvalue weighted by atomic mass is 10.0. The maximum Gasteiger partial charge on any atom is 0.273 e. The number of carbonyl (C=O) groups is 1. The molecule has 22 heavy (non-hydrogen) atoms. The number of aromatic nitrogens is 1. The minimum absolute atomic E-state index is 0. The SMILES string of the molecule is Cc1ccc2snc(C(=O)N(C)CCC(N)C(C)C)c2c1.Cl. The van der Waals surface area contributed by atoms with Gasteiger partial charge in [0, 0.05) is 25.0 Å². The van der Waals surface area contributed by atoms with E-state index in [2.05, 4.69) is 18.2 Å². The summed E-state index contributed by atoms with van der Waals surface area (Å²) in [6, 6.07) is 6.21. The molecule has 0 aliphatic rings. The number of amides is 1. The van der Waals surface area contributed by atoms with Gasteiger partial charge in [0.15, 0.2) is 0 Å². The topological polar surface area (TPSA) is 59.2 Å². The van der Waals surface area contributed by atoms with Crippen LogP contribution in [0.2, 0.25) is 0 Å². The molecule has 4 nitrogen and oxygen atoms in total. The molecule has 1 heterocycles. The third-order valence-corrected chi connectivity index (χ3v) is 4.66. The fourth-order valence-corrected chi connectivity index (χ4v) is 2.91. The molecule has 6 heteroatoms. The Labute approximate surface area is 142 Å². The van der Waals surface area contributed by atoms with Crippen LogP contribution >= 0.6 is 23.9 Å². The van der Waals surface area contributed by atoms with Gasteiger partial charge in [0.05, 0.1) is 4.70 Å². The summed E-state index contributed by atoms with van der Waals surface area (Å²) in [6.45, 7) is 6.88. The van der Waals surface area contributed by atoms with Crippen LogP contribution < -0.4 is 5.73 Å². The Hall–Kier alpha value is -1.17. The second-order valence-electron chi connectivity index (χ2n) is 5.95. The van der Waals surface area contributed by atoms with Gasteiger partial charge < -0.3 is 10.6 Å². The summed E-state index contributed by atoms with van der Waals surface area (Å²) >= 11 is 1.38. The number of halogens is 1. The Morgan fingerprint density at radius 1 is 1.41 bits per heavy atom. The van der Waals surface area contributed by atoms with E-state index in [4.69, 9.17) is 5.73 Å². The molecule has 122 valence electrons. The van der Waals surface area contributed by atoms with E-state index < -0.39 is 0 Å². The first-order chi connectivity index (χ1) is 9.90. The summed E-state index contributed by atoms with van der Waals surface area (Å²) in [5.41, 5.74) is 7.74. The van der Waals surface area contributed by atoms with Gasteiger partial charge in [-0.1, -0.05) is 25.5 Å². The monoisotopic (exact) mass is 341 g/mol. The molecule has 0 aliphatic heterocycles. The van der Waals surface area contributed by atoms with Crippen LogP contribution in [-0.2, 0) is 0 Å². The minimum Gasteiger partial charge on any atom is -0.340 e. The van der Waals surface area contributed by atoms with Crippen LogP contribution in [0.4, 0.5) is 0 Å². The molecule has 2 aromatic rings. The maximum atomic E-state index is 12.5. The van der Waals surface area contributed by atoms with Crippen LogP contribution in [0.15, 0.2) is 18.2 Å². The van der Waals surface area contributed by atoms with Crippen molar-refractivity contribution in [1.82, 2.24) is 9.27 Å². The van der Waals surface area contributed by atoms with Crippen molar-refractivity contribution in [2.75, 3.05) is 13.6 Å². The zero-order valence-electron chi connectivity index (χ0n) is 13.5. The second-order valence-corrected chi connectivity index (χ2v) is 6.76.